The molecule has 11 heteroatoms. The Morgan fingerprint density at radius 1 is 1.06 bits per heavy atom. The zero-order chi connectivity index (χ0) is 23.7. The van der Waals surface area contributed by atoms with Gasteiger partial charge in [-0.25, -0.2) is 25.9 Å². The fourth-order valence-electron chi connectivity index (χ4n) is 3.50. The summed E-state index contributed by atoms with van der Waals surface area (Å²) in [4.78, 5) is 12.5. The van der Waals surface area contributed by atoms with E-state index in [1.54, 1.807) is 39.2 Å². The van der Waals surface area contributed by atoms with E-state index in [0.717, 1.165) is 9.87 Å². The lowest BCUT2D eigenvalue weighted by molar-refractivity contribution is -0.123. The molecule has 0 aromatic heterocycles. The van der Waals surface area contributed by atoms with Crippen LogP contribution in [-0.2, 0) is 31.3 Å². The molecule has 1 fully saturated rings. The van der Waals surface area contributed by atoms with Crippen LogP contribution in [0, 0.1) is 5.41 Å². The highest BCUT2D eigenvalue weighted by atomic mass is 32.2. The van der Waals surface area contributed by atoms with Gasteiger partial charge in [0, 0.05) is 6.54 Å². The van der Waals surface area contributed by atoms with Crippen LogP contribution in [0.2, 0.25) is 0 Å². The van der Waals surface area contributed by atoms with Crippen molar-refractivity contribution in [2.24, 2.45) is 5.41 Å². The molecule has 2 aromatic rings. The van der Waals surface area contributed by atoms with Gasteiger partial charge >= 0.3 is 0 Å². The summed E-state index contributed by atoms with van der Waals surface area (Å²) in [6, 6.07) is 10.5. The molecule has 1 N–H and O–H groups in total. The molecule has 0 unspecified atom stereocenters. The molecule has 1 aliphatic rings. The maximum atomic E-state index is 12.7. The van der Waals surface area contributed by atoms with Crippen LogP contribution >= 0.6 is 0 Å². The van der Waals surface area contributed by atoms with Crippen molar-refractivity contribution in [2.75, 3.05) is 30.8 Å². The third-order valence-electron chi connectivity index (χ3n) is 5.14. The molecule has 32 heavy (non-hydrogen) atoms. The fourth-order valence-corrected chi connectivity index (χ4v) is 6.64. The Bertz CT molecular complexity index is 1220. The smallest absolute Gasteiger partial charge is 0.247 e. The number of methoxy groups -OCH3 is 2. The molecule has 174 valence electrons. The lowest BCUT2D eigenvalue weighted by Gasteiger charge is -2.17. The maximum Gasteiger partial charge on any atom is 0.247 e. The molecule has 2 aromatic carbocycles. The number of carbonyl (C=O) groups excluding carboxylic acids is 1. The summed E-state index contributed by atoms with van der Waals surface area (Å²) in [5.41, 5.74) is -0.141. The van der Waals surface area contributed by atoms with Gasteiger partial charge in [-0.05, 0) is 68.3 Å². The summed E-state index contributed by atoms with van der Waals surface area (Å²) >= 11 is 0. The molecule has 0 atom stereocenters. The van der Waals surface area contributed by atoms with E-state index in [1.807, 2.05) is 0 Å². The Morgan fingerprint density at radius 3 is 2.25 bits per heavy atom. The summed E-state index contributed by atoms with van der Waals surface area (Å²) in [6.45, 7) is 3.24. The van der Waals surface area contributed by atoms with Crippen LogP contribution in [0.25, 0.3) is 0 Å². The molecule has 0 saturated carbocycles. The van der Waals surface area contributed by atoms with Gasteiger partial charge in [0.15, 0.2) is 0 Å². The Labute approximate surface area is 188 Å². The summed E-state index contributed by atoms with van der Waals surface area (Å²) in [5.74, 6) is 0.412. The monoisotopic (exact) mass is 482 g/mol. The third kappa shape index (κ3) is 4.74. The number of ether oxygens (including phenoxy) is 2. The average molecular weight is 483 g/mol. The summed E-state index contributed by atoms with van der Waals surface area (Å²) in [5, 5.41) is 0. The van der Waals surface area contributed by atoms with Crippen molar-refractivity contribution in [1.82, 2.24) is 4.72 Å². The SMILES string of the molecule is COc1ccc(OC)c(CCNS(=O)(=O)c2ccc(N3C(=O)C(C)(C)CS3(=O)=O)cc2)c1. The first kappa shape index (κ1) is 24.0. The third-order valence-corrected chi connectivity index (χ3v) is 8.64. The molecule has 1 amide bonds. The van der Waals surface area contributed by atoms with E-state index in [0.29, 0.717) is 17.9 Å². The fraction of sp³-hybridized carbons (Fsp3) is 0.381. The van der Waals surface area contributed by atoms with Crippen LogP contribution in [0.3, 0.4) is 0 Å². The number of hydrogen-bond acceptors (Lipinski definition) is 7. The van der Waals surface area contributed by atoms with Crippen LogP contribution in [-0.4, -0.2) is 49.3 Å². The van der Waals surface area contributed by atoms with Crippen molar-refractivity contribution in [1.29, 1.82) is 0 Å². The van der Waals surface area contributed by atoms with E-state index >= 15 is 0 Å². The van der Waals surface area contributed by atoms with E-state index < -0.39 is 31.4 Å². The molecule has 0 aliphatic carbocycles. The number of nitrogens with one attached hydrogen (secondary N) is 1. The zero-order valence-electron chi connectivity index (χ0n) is 18.3. The number of hydrogen-bond donors (Lipinski definition) is 1. The molecule has 0 bridgehead atoms. The maximum absolute atomic E-state index is 12.7. The largest absolute Gasteiger partial charge is 0.497 e. The summed E-state index contributed by atoms with van der Waals surface area (Å²) in [7, 11) is -4.58. The van der Waals surface area contributed by atoms with Crippen molar-refractivity contribution < 1.29 is 31.1 Å². The molecule has 9 nitrogen and oxygen atoms in total. The van der Waals surface area contributed by atoms with Gasteiger partial charge < -0.3 is 9.47 Å². The van der Waals surface area contributed by atoms with Crippen LogP contribution < -0.4 is 18.5 Å². The van der Waals surface area contributed by atoms with Crippen molar-refractivity contribution in [3.63, 3.8) is 0 Å². The first-order valence-corrected chi connectivity index (χ1v) is 12.9. The van der Waals surface area contributed by atoms with E-state index in [-0.39, 0.29) is 22.9 Å². The van der Waals surface area contributed by atoms with Gasteiger partial charge in [0.1, 0.15) is 11.5 Å². The Balaban J connectivity index is 1.73. The predicted molar refractivity (Wildman–Crippen MR) is 120 cm³/mol. The lowest BCUT2D eigenvalue weighted by Crippen LogP contribution is -2.33. The number of amides is 1. The highest BCUT2D eigenvalue weighted by Crippen LogP contribution is 2.36. The number of anilines is 1. The minimum atomic E-state index is -3.85. The Morgan fingerprint density at radius 2 is 1.72 bits per heavy atom. The second-order valence-corrected chi connectivity index (χ2v) is 11.6. The summed E-state index contributed by atoms with van der Waals surface area (Å²) < 4.78 is 63.9. The number of benzene rings is 2. The van der Waals surface area contributed by atoms with Crippen molar-refractivity contribution >= 4 is 31.6 Å². The van der Waals surface area contributed by atoms with E-state index in [2.05, 4.69) is 4.72 Å². The molecular formula is C21H26N2O7S2. The second kappa shape index (κ2) is 8.72. The van der Waals surface area contributed by atoms with Crippen LogP contribution in [0.1, 0.15) is 19.4 Å². The van der Waals surface area contributed by atoms with E-state index in [4.69, 9.17) is 9.47 Å². The first-order chi connectivity index (χ1) is 14.9. The number of carbonyl (C=O) groups is 1. The van der Waals surface area contributed by atoms with E-state index in [1.165, 1.54) is 31.4 Å². The second-order valence-electron chi connectivity index (χ2n) is 8.03. The predicted octanol–water partition coefficient (Wildman–Crippen LogP) is 1.93. The molecule has 1 aliphatic heterocycles. The number of rotatable bonds is 8. The van der Waals surface area contributed by atoms with Crippen molar-refractivity contribution in [3.8, 4) is 11.5 Å². The lowest BCUT2D eigenvalue weighted by atomic mass is 9.95. The van der Waals surface area contributed by atoms with Gasteiger partial charge in [0.25, 0.3) is 0 Å². The minimum absolute atomic E-state index is 0.0397. The zero-order valence-corrected chi connectivity index (χ0v) is 19.9. The van der Waals surface area contributed by atoms with Crippen LogP contribution in [0.5, 0.6) is 11.5 Å². The van der Waals surface area contributed by atoms with Gasteiger partial charge in [-0.15, -0.1) is 0 Å². The quantitative estimate of drug-likeness (QED) is 0.611. The summed E-state index contributed by atoms with van der Waals surface area (Å²) in [6.07, 6.45) is 0.368. The van der Waals surface area contributed by atoms with Crippen LogP contribution in [0.4, 0.5) is 5.69 Å². The average Bonchev–Trinajstić information content (AvgIpc) is 2.90. The van der Waals surface area contributed by atoms with Gasteiger partial charge in [0.05, 0.1) is 36.0 Å². The highest BCUT2D eigenvalue weighted by molar-refractivity contribution is 7.94. The molecule has 1 saturated heterocycles. The van der Waals surface area contributed by atoms with Crippen molar-refractivity contribution in [2.45, 2.75) is 25.2 Å². The van der Waals surface area contributed by atoms with Gasteiger partial charge in [0.2, 0.25) is 26.0 Å². The molecule has 3 rings (SSSR count). The number of nitrogens with zero attached hydrogens (tertiary/aromatic N) is 1. The molecule has 0 radical (unpaired) electrons. The molecule has 1 heterocycles. The minimum Gasteiger partial charge on any atom is -0.497 e. The number of sulfonamides is 2. The molecule has 0 spiro atoms. The topological polar surface area (TPSA) is 119 Å². The van der Waals surface area contributed by atoms with Gasteiger partial charge in [-0.2, -0.15) is 0 Å². The standard InChI is InChI=1S/C21H26N2O7S2/c1-21(2)14-31(25,26)23(20(21)24)16-5-8-18(9-6-16)32(27,28)22-12-11-15-13-17(29-3)7-10-19(15)30-4/h5-10,13,22H,11-12,14H2,1-4H3. The van der Waals surface area contributed by atoms with Crippen molar-refractivity contribution in [3.05, 3.63) is 48.0 Å². The van der Waals surface area contributed by atoms with E-state index in [9.17, 15) is 21.6 Å². The van der Waals surface area contributed by atoms with Crippen LogP contribution in [0.15, 0.2) is 47.4 Å². The Kier molecular flexibility index (Phi) is 6.55. The van der Waals surface area contributed by atoms with Gasteiger partial charge in [-0.1, -0.05) is 0 Å². The normalized spacial score (nSPS) is 17.4. The highest BCUT2D eigenvalue weighted by Gasteiger charge is 2.49. The van der Waals surface area contributed by atoms with Gasteiger partial charge in [-0.3, -0.25) is 4.79 Å². The molecular weight excluding hydrogens is 456 g/mol. The first-order valence-electron chi connectivity index (χ1n) is 9.79. The Hall–Kier alpha value is -2.63.